The summed E-state index contributed by atoms with van der Waals surface area (Å²) in [4.78, 5) is 11.9. The van der Waals surface area contributed by atoms with Crippen molar-refractivity contribution in [2.24, 2.45) is 5.92 Å². The molecule has 0 radical (unpaired) electrons. The Morgan fingerprint density at radius 3 is 2.73 bits per heavy atom. The Balaban J connectivity index is 2.19. The summed E-state index contributed by atoms with van der Waals surface area (Å²) in [5.74, 6) is -0.0314. The zero-order chi connectivity index (χ0) is 11.0. The standard InChI is InChI=1S/C9H14N2O3S/c1-2-3-5-8-6(10-9(5)12)4-7(11-8)15(13)14/h5-6,8,11H,2-4H2,1H3,(H,10,12). The van der Waals surface area contributed by atoms with E-state index in [4.69, 9.17) is 0 Å². The highest BCUT2D eigenvalue weighted by Crippen LogP contribution is 2.26. The third kappa shape index (κ3) is 1.79. The van der Waals surface area contributed by atoms with Crippen molar-refractivity contribution in [1.29, 1.82) is 0 Å². The van der Waals surface area contributed by atoms with E-state index in [-0.39, 0.29) is 23.9 Å². The van der Waals surface area contributed by atoms with Gasteiger partial charge in [-0.1, -0.05) is 13.3 Å². The molecule has 15 heavy (non-hydrogen) atoms. The fourth-order valence-corrected chi connectivity index (χ4v) is 2.93. The maximum atomic E-state index is 11.5. The molecule has 0 bridgehead atoms. The topological polar surface area (TPSA) is 75.3 Å². The Morgan fingerprint density at radius 2 is 2.13 bits per heavy atom. The lowest BCUT2D eigenvalue weighted by atomic mass is 9.95. The van der Waals surface area contributed by atoms with Crippen molar-refractivity contribution in [1.82, 2.24) is 10.6 Å². The molecule has 2 fully saturated rings. The molecular weight excluding hydrogens is 216 g/mol. The van der Waals surface area contributed by atoms with Crippen molar-refractivity contribution < 1.29 is 13.2 Å². The second-order valence-electron chi connectivity index (χ2n) is 4.04. The Morgan fingerprint density at radius 1 is 1.40 bits per heavy atom. The lowest BCUT2D eigenvalue weighted by Gasteiger charge is -2.13. The number of amides is 1. The third-order valence-corrected chi connectivity index (χ3v) is 3.75. The molecule has 5 nitrogen and oxygen atoms in total. The number of hydrogen-bond donors (Lipinski definition) is 2. The van der Waals surface area contributed by atoms with Crippen molar-refractivity contribution in [3.63, 3.8) is 0 Å². The van der Waals surface area contributed by atoms with E-state index in [0.29, 0.717) is 11.4 Å². The van der Waals surface area contributed by atoms with Gasteiger partial charge in [-0.05, 0) is 6.42 Å². The monoisotopic (exact) mass is 230 g/mol. The van der Waals surface area contributed by atoms with Crippen LogP contribution in [0.5, 0.6) is 0 Å². The summed E-state index contributed by atoms with van der Waals surface area (Å²) in [5.41, 5.74) is 0. The number of hydrogen-bond acceptors (Lipinski definition) is 3. The molecule has 6 heteroatoms. The third-order valence-electron chi connectivity index (χ3n) is 3.07. The Labute approximate surface area is 89.8 Å². The van der Waals surface area contributed by atoms with Crippen LogP contribution in [-0.2, 0) is 15.1 Å². The highest BCUT2D eigenvalue weighted by Gasteiger charge is 2.46. The second-order valence-corrected chi connectivity index (χ2v) is 5.00. The first-order valence-electron chi connectivity index (χ1n) is 5.15. The minimum Gasteiger partial charge on any atom is -0.351 e. The van der Waals surface area contributed by atoms with Gasteiger partial charge in [0, 0.05) is 12.5 Å². The molecule has 2 aliphatic rings. The summed E-state index contributed by atoms with van der Waals surface area (Å²) < 4.78 is 21.5. The molecule has 2 heterocycles. The maximum Gasteiger partial charge on any atom is 0.228 e. The number of carbonyl (C=O) groups is 1. The molecule has 1 amide bonds. The zero-order valence-electron chi connectivity index (χ0n) is 8.49. The summed E-state index contributed by atoms with van der Waals surface area (Å²) in [5, 5.41) is 5.78. The van der Waals surface area contributed by atoms with Crippen LogP contribution in [0.4, 0.5) is 0 Å². The SMILES string of the molecule is CCCC1C(=O)NC2CC(=S(=O)=O)NC21. The highest BCUT2D eigenvalue weighted by molar-refractivity contribution is 7.72. The van der Waals surface area contributed by atoms with Gasteiger partial charge >= 0.3 is 0 Å². The second kappa shape index (κ2) is 3.94. The minimum atomic E-state index is -2.18. The fraction of sp³-hybridized carbons (Fsp3) is 0.778. The van der Waals surface area contributed by atoms with E-state index in [2.05, 4.69) is 10.6 Å². The Kier molecular flexibility index (Phi) is 2.79. The largest absolute Gasteiger partial charge is 0.351 e. The summed E-state index contributed by atoms with van der Waals surface area (Å²) in [6.45, 7) is 2.02. The summed E-state index contributed by atoms with van der Waals surface area (Å²) in [7, 11) is -2.18. The zero-order valence-corrected chi connectivity index (χ0v) is 9.30. The number of nitrogens with one attached hydrogen (secondary N) is 2. The molecule has 0 spiro atoms. The number of rotatable bonds is 2. The van der Waals surface area contributed by atoms with E-state index in [1.807, 2.05) is 6.92 Å². The van der Waals surface area contributed by atoms with Gasteiger partial charge in [-0.3, -0.25) is 10.1 Å². The van der Waals surface area contributed by atoms with Gasteiger partial charge in [0.1, 0.15) is 4.99 Å². The van der Waals surface area contributed by atoms with Crippen LogP contribution in [0, 0.1) is 5.92 Å². The van der Waals surface area contributed by atoms with E-state index in [0.717, 1.165) is 12.8 Å². The molecule has 84 valence electrons. The molecule has 0 aromatic carbocycles. The van der Waals surface area contributed by atoms with Gasteiger partial charge in [-0.2, -0.15) is 8.42 Å². The minimum absolute atomic E-state index is 0.0367. The van der Waals surface area contributed by atoms with E-state index >= 15 is 0 Å². The quantitative estimate of drug-likeness (QED) is 0.613. The van der Waals surface area contributed by atoms with E-state index in [1.54, 1.807) is 0 Å². The van der Waals surface area contributed by atoms with Crippen molar-refractivity contribution in [2.75, 3.05) is 0 Å². The molecule has 2 saturated heterocycles. The molecule has 3 atom stereocenters. The van der Waals surface area contributed by atoms with Crippen LogP contribution in [0.25, 0.3) is 0 Å². The van der Waals surface area contributed by atoms with Crippen LogP contribution in [0.1, 0.15) is 26.2 Å². The molecule has 2 aliphatic heterocycles. The van der Waals surface area contributed by atoms with Gasteiger partial charge in [0.15, 0.2) is 0 Å². The van der Waals surface area contributed by atoms with Crippen LogP contribution >= 0.6 is 0 Å². The normalized spacial score (nSPS) is 34.1. The predicted octanol–water partition coefficient (Wildman–Crippen LogP) is -0.728. The number of fused-ring (bicyclic) bond motifs is 1. The Bertz CT molecular complexity index is 407. The van der Waals surface area contributed by atoms with E-state index < -0.39 is 10.3 Å². The van der Waals surface area contributed by atoms with Crippen molar-refractivity contribution in [3.05, 3.63) is 0 Å². The van der Waals surface area contributed by atoms with Crippen LogP contribution in [0.2, 0.25) is 0 Å². The smallest absolute Gasteiger partial charge is 0.228 e. The molecule has 2 N–H and O–H groups in total. The van der Waals surface area contributed by atoms with Crippen LogP contribution < -0.4 is 10.6 Å². The molecule has 0 aromatic rings. The van der Waals surface area contributed by atoms with Crippen molar-refractivity contribution >= 4 is 21.2 Å². The van der Waals surface area contributed by atoms with Gasteiger partial charge in [0.25, 0.3) is 0 Å². The molecule has 0 aliphatic carbocycles. The molecular formula is C9H14N2O3S. The predicted molar refractivity (Wildman–Crippen MR) is 55.8 cm³/mol. The summed E-state index contributed by atoms with van der Waals surface area (Å²) in [6, 6.07) is -0.0766. The summed E-state index contributed by atoms with van der Waals surface area (Å²) >= 11 is 0. The van der Waals surface area contributed by atoms with Gasteiger partial charge < -0.3 is 5.32 Å². The van der Waals surface area contributed by atoms with Gasteiger partial charge in [0.2, 0.25) is 16.2 Å². The first kappa shape index (κ1) is 10.6. The van der Waals surface area contributed by atoms with Crippen LogP contribution in [0.15, 0.2) is 0 Å². The van der Waals surface area contributed by atoms with Gasteiger partial charge in [0.05, 0.1) is 12.0 Å². The molecule has 3 unspecified atom stereocenters. The molecule has 2 rings (SSSR count). The fourth-order valence-electron chi connectivity index (χ4n) is 2.38. The van der Waals surface area contributed by atoms with Gasteiger partial charge in [-0.15, -0.1) is 0 Å². The average molecular weight is 230 g/mol. The highest BCUT2D eigenvalue weighted by atomic mass is 32.2. The van der Waals surface area contributed by atoms with E-state index in [9.17, 15) is 13.2 Å². The van der Waals surface area contributed by atoms with Crippen molar-refractivity contribution in [3.8, 4) is 0 Å². The maximum absolute atomic E-state index is 11.5. The first-order chi connectivity index (χ1) is 7.13. The molecule has 0 aromatic heterocycles. The summed E-state index contributed by atoms with van der Waals surface area (Å²) in [6.07, 6.45) is 2.14. The lowest BCUT2D eigenvalue weighted by molar-refractivity contribution is -0.123. The van der Waals surface area contributed by atoms with Gasteiger partial charge in [-0.25, -0.2) is 0 Å². The van der Waals surface area contributed by atoms with Crippen LogP contribution in [0.3, 0.4) is 0 Å². The number of carbonyl (C=O) groups excluding carboxylic acids is 1. The average Bonchev–Trinajstić information content (AvgIpc) is 2.67. The van der Waals surface area contributed by atoms with Crippen LogP contribution in [-0.4, -0.2) is 31.4 Å². The van der Waals surface area contributed by atoms with Crippen molar-refractivity contribution in [2.45, 2.75) is 38.3 Å². The first-order valence-corrected chi connectivity index (χ1v) is 6.23. The molecule has 0 saturated carbocycles. The van der Waals surface area contributed by atoms with E-state index in [1.165, 1.54) is 0 Å². The lowest BCUT2D eigenvalue weighted by Crippen LogP contribution is -2.35. The Hall–Kier alpha value is -0.880.